The fourth-order valence-corrected chi connectivity index (χ4v) is 1.46. The van der Waals surface area contributed by atoms with Crippen molar-refractivity contribution in [1.29, 1.82) is 0 Å². The first-order chi connectivity index (χ1) is 10.1. The van der Waals surface area contributed by atoms with Gasteiger partial charge in [-0.1, -0.05) is 0 Å². The molecule has 0 spiro atoms. The van der Waals surface area contributed by atoms with Crippen molar-refractivity contribution in [2.45, 2.75) is 43.3 Å². The summed E-state index contributed by atoms with van der Waals surface area (Å²) < 4.78 is 0. The summed E-state index contributed by atoms with van der Waals surface area (Å²) in [7, 11) is 0. The third kappa shape index (κ3) is 6.32. The van der Waals surface area contributed by atoms with E-state index in [9.17, 15) is 29.7 Å². The number of hydrogen-bond donors (Lipinski definition) is 8. The number of carboxylic acids is 2. The lowest BCUT2D eigenvalue weighted by Crippen LogP contribution is -2.54. The first kappa shape index (κ1) is 20.2. The van der Waals surface area contributed by atoms with Crippen LogP contribution in [0.4, 0.5) is 0 Å². The molecule has 0 aliphatic rings. The van der Waals surface area contributed by atoms with Crippen LogP contribution < -0.4 is 5.32 Å². The number of amides is 1. The third-order valence-electron chi connectivity index (χ3n) is 2.78. The molecule has 0 saturated carbocycles. The Kier molecular flexibility index (Phi) is 8.52. The summed E-state index contributed by atoms with van der Waals surface area (Å²) in [6.45, 7) is -0.942. The second kappa shape index (κ2) is 9.27. The molecule has 11 heteroatoms. The average molecular weight is 325 g/mol. The van der Waals surface area contributed by atoms with Crippen molar-refractivity contribution in [1.82, 2.24) is 5.32 Å². The highest BCUT2D eigenvalue weighted by atomic mass is 16.4. The summed E-state index contributed by atoms with van der Waals surface area (Å²) in [5.74, 6) is -4.22. The maximum Gasteiger partial charge on any atom is 0.326 e. The molecule has 0 unspecified atom stereocenters. The molecule has 0 aromatic carbocycles. The molecule has 0 aliphatic carbocycles. The molecule has 0 saturated heterocycles. The Morgan fingerprint density at radius 3 is 1.91 bits per heavy atom. The van der Waals surface area contributed by atoms with Crippen molar-refractivity contribution < 1.29 is 50.1 Å². The van der Waals surface area contributed by atoms with E-state index in [1.165, 1.54) is 0 Å². The number of rotatable bonds is 10. The monoisotopic (exact) mass is 325 g/mol. The normalized spacial score (nSPS) is 17.9. The summed E-state index contributed by atoms with van der Waals surface area (Å²) in [5, 5.41) is 65.0. The van der Waals surface area contributed by atoms with Gasteiger partial charge in [-0.2, -0.15) is 0 Å². The van der Waals surface area contributed by atoms with Crippen molar-refractivity contribution in [3.63, 3.8) is 0 Å². The van der Waals surface area contributed by atoms with Gasteiger partial charge in [0.1, 0.15) is 24.4 Å². The van der Waals surface area contributed by atoms with E-state index in [0.717, 1.165) is 0 Å². The molecule has 0 aliphatic heterocycles. The van der Waals surface area contributed by atoms with Gasteiger partial charge in [-0.3, -0.25) is 9.59 Å². The van der Waals surface area contributed by atoms with E-state index in [1.54, 1.807) is 5.32 Å². The van der Waals surface area contributed by atoms with Crippen LogP contribution in [0.1, 0.15) is 12.8 Å². The number of aliphatic hydroxyl groups excluding tert-OH is 5. The Morgan fingerprint density at radius 1 is 0.955 bits per heavy atom. The van der Waals surface area contributed by atoms with Gasteiger partial charge >= 0.3 is 11.9 Å². The predicted molar refractivity (Wildman–Crippen MR) is 67.5 cm³/mol. The van der Waals surface area contributed by atoms with Gasteiger partial charge in [0.2, 0.25) is 0 Å². The van der Waals surface area contributed by atoms with Gasteiger partial charge in [-0.25, -0.2) is 4.79 Å². The second-order valence-corrected chi connectivity index (χ2v) is 4.51. The fourth-order valence-electron chi connectivity index (χ4n) is 1.46. The molecule has 0 aromatic rings. The van der Waals surface area contributed by atoms with Gasteiger partial charge < -0.3 is 41.1 Å². The molecule has 5 atom stereocenters. The second-order valence-electron chi connectivity index (χ2n) is 4.51. The van der Waals surface area contributed by atoms with Gasteiger partial charge in [-0.05, 0) is 6.42 Å². The molecule has 0 aromatic heterocycles. The van der Waals surface area contributed by atoms with Crippen LogP contribution in [-0.4, -0.2) is 90.7 Å². The molecular formula is C11H19NO10. The van der Waals surface area contributed by atoms with Crippen LogP contribution in [0.5, 0.6) is 0 Å². The summed E-state index contributed by atoms with van der Waals surface area (Å²) in [4.78, 5) is 32.8. The molecule has 128 valence electrons. The molecule has 0 heterocycles. The lowest BCUT2D eigenvalue weighted by molar-refractivity contribution is -0.153. The standard InChI is InChI=1S/C11H19NO10/c13-3-5(14)7(17)8(18)9(19)10(20)12-4(11(21)22)1-2-6(15)16/h4-5,7-9,13-14,17-19H,1-3H2,(H,12,20)(H,15,16)(H,21,22)/t4-,5-,7+,8-,9+/m0/s1. The average Bonchev–Trinajstić information content (AvgIpc) is 2.47. The molecule has 0 bridgehead atoms. The van der Waals surface area contributed by atoms with E-state index >= 15 is 0 Å². The summed E-state index contributed by atoms with van der Waals surface area (Å²) in [5.41, 5.74) is 0. The van der Waals surface area contributed by atoms with E-state index in [0.29, 0.717) is 0 Å². The number of aliphatic carboxylic acids is 2. The van der Waals surface area contributed by atoms with Crippen LogP contribution in [0.3, 0.4) is 0 Å². The number of hydrogen-bond acceptors (Lipinski definition) is 8. The molecule has 0 rings (SSSR count). The molecule has 0 radical (unpaired) electrons. The van der Waals surface area contributed by atoms with Crippen molar-refractivity contribution in [3.8, 4) is 0 Å². The Morgan fingerprint density at radius 2 is 1.50 bits per heavy atom. The van der Waals surface area contributed by atoms with Crippen molar-refractivity contribution in [3.05, 3.63) is 0 Å². The minimum absolute atomic E-state index is 0.457. The van der Waals surface area contributed by atoms with Crippen LogP contribution in [0, 0.1) is 0 Å². The maximum absolute atomic E-state index is 11.6. The number of carboxylic acid groups (broad SMARTS) is 2. The summed E-state index contributed by atoms with van der Waals surface area (Å²) >= 11 is 0. The molecule has 22 heavy (non-hydrogen) atoms. The zero-order chi connectivity index (χ0) is 17.4. The van der Waals surface area contributed by atoms with E-state index in [2.05, 4.69) is 0 Å². The van der Waals surface area contributed by atoms with Crippen LogP contribution >= 0.6 is 0 Å². The first-order valence-corrected chi connectivity index (χ1v) is 6.19. The van der Waals surface area contributed by atoms with Crippen molar-refractivity contribution in [2.75, 3.05) is 6.61 Å². The maximum atomic E-state index is 11.6. The number of carbonyl (C=O) groups excluding carboxylic acids is 1. The van der Waals surface area contributed by atoms with E-state index in [4.69, 9.17) is 20.4 Å². The highest BCUT2D eigenvalue weighted by Gasteiger charge is 2.35. The molecule has 0 fully saturated rings. The Labute approximate surface area is 124 Å². The Bertz CT molecular complexity index is 400. The van der Waals surface area contributed by atoms with Crippen LogP contribution in [-0.2, 0) is 14.4 Å². The largest absolute Gasteiger partial charge is 0.481 e. The third-order valence-corrected chi connectivity index (χ3v) is 2.78. The Balaban J connectivity index is 4.71. The number of nitrogens with one attached hydrogen (secondary N) is 1. The lowest BCUT2D eigenvalue weighted by Gasteiger charge is -2.25. The number of carbonyl (C=O) groups is 3. The summed E-state index contributed by atoms with van der Waals surface area (Å²) in [6, 6.07) is -1.62. The Hall–Kier alpha value is -1.79. The van der Waals surface area contributed by atoms with Crippen LogP contribution in [0.15, 0.2) is 0 Å². The highest BCUT2D eigenvalue weighted by Crippen LogP contribution is 2.07. The van der Waals surface area contributed by atoms with Crippen molar-refractivity contribution >= 4 is 17.8 Å². The SMILES string of the molecule is O=C(O)CC[C@H](NC(=O)[C@H](O)[C@@H](O)[C@H](O)[C@@H](O)CO)C(=O)O. The van der Waals surface area contributed by atoms with Crippen LogP contribution in [0.25, 0.3) is 0 Å². The van der Waals surface area contributed by atoms with Gasteiger partial charge in [0.15, 0.2) is 6.10 Å². The molecule has 11 nitrogen and oxygen atoms in total. The smallest absolute Gasteiger partial charge is 0.326 e. The number of aliphatic hydroxyl groups is 5. The zero-order valence-electron chi connectivity index (χ0n) is 11.4. The molecule has 8 N–H and O–H groups in total. The van der Waals surface area contributed by atoms with E-state index in [1.807, 2.05) is 0 Å². The minimum Gasteiger partial charge on any atom is -0.481 e. The van der Waals surface area contributed by atoms with Gasteiger partial charge in [0, 0.05) is 6.42 Å². The van der Waals surface area contributed by atoms with Crippen LogP contribution in [0.2, 0.25) is 0 Å². The predicted octanol–water partition coefficient (Wildman–Crippen LogP) is -4.14. The van der Waals surface area contributed by atoms with E-state index < -0.39 is 67.8 Å². The first-order valence-electron chi connectivity index (χ1n) is 6.19. The van der Waals surface area contributed by atoms with E-state index in [-0.39, 0.29) is 0 Å². The highest BCUT2D eigenvalue weighted by molar-refractivity contribution is 5.86. The van der Waals surface area contributed by atoms with Gasteiger partial charge in [0.25, 0.3) is 5.91 Å². The zero-order valence-corrected chi connectivity index (χ0v) is 11.4. The summed E-state index contributed by atoms with van der Waals surface area (Å²) in [6.07, 6.45) is -9.35. The molecule has 1 amide bonds. The minimum atomic E-state index is -2.29. The van der Waals surface area contributed by atoms with Crippen molar-refractivity contribution in [2.24, 2.45) is 0 Å². The van der Waals surface area contributed by atoms with Gasteiger partial charge in [0.05, 0.1) is 6.61 Å². The quantitative estimate of drug-likeness (QED) is 0.194. The topological polar surface area (TPSA) is 205 Å². The lowest BCUT2D eigenvalue weighted by atomic mass is 10.0. The molecular weight excluding hydrogens is 306 g/mol. The van der Waals surface area contributed by atoms with Gasteiger partial charge in [-0.15, -0.1) is 0 Å². The fraction of sp³-hybridized carbons (Fsp3) is 0.727.